The minimum absolute atomic E-state index is 0.333. The van der Waals surface area contributed by atoms with E-state index in [1.807, 2.05) is 0 Å². The SMILES string of the molecule is C=CC(C)C(NC(=O)c1ccccc1)C(=O)O. The summed E-state index contributed by atoms with van der Waals surface area (Å²) in [5.74, 6) is -1.80. The lowest BCUT2D eigenvalue weighted by molar-refractivity contribution is -0.140. The molecule has 0 spiro atoms. The molecule has 0 aliphatic rings. The lowest BCUT2D eigenvalue weighted by atomic mass is 10.0. The van der Waals surface area contributed by atoms with Gasteiger partial charge in [0.05, 0.1) is 0 Å². The zero-order valence-electron chi connectivity index (χ0n) is 9.59. The highest BCUT2D eigenvalue weighted by atomic mass is 16.4. The average molecular weight is 233 g/mol. The number of carbonyl (C=O) groups is 2. The molecule has 0 saturated carbocycles. The van der Waals surface area contributed by atoms with Crippen LogP contribution in [-0.2, 0) is 4.79 Å². The Balaban J connectivity index is 2.78. The first-order valence-corrected chi connectivity index (χ1v) is 5.27. The fourth-order valence-electron chi connectivity index (χ4n) is 1.37. The first-order valence-electron chi connectivity index (χ1n) is 5.27. The van der Waals surface area contributed by atoms with Crippen LogP contribution in [0.1, 0.15) is 17.3 Å². The Labute approximate surface area is 100.0 Å². The molecule has 4 heteroatoms. The highest BCUT2D eigenvalue weighted by Gasteiger charge is 2.24. The second kappa shape index (κ2) is 5.84. The van der Waals surface area contributed by atoms with Crippen molar-refractivity contribution in [2.75, 3.05) is 0 Å². The summed E-state index contributed by atoms with van der Waals surface area (Å²) in [5.41, 5.74) is 0.440. The number of carbonyl (C=O) groups excluding carboxylic acids is 1. The Morgan fingerprint density at radius 2 is 1.94 bits per heavy atom. The monoisotopic (exact) mass is 233 g/mol. The Hall–Kier alpha value is -2.10. The summed E-state index contributed by atoms with van der Waals surface area (Å²) in [6.07, 6.45) is 1.50. The molecule has 0 heterocycles. The number of amides is 1. The highest BCUT2D eigenvalue weighted by Crippen LogP contribution is 2.06. The van der Waals surface area contributed by atoms with E-state index in [2.05, 4.69) is 11.9 Å². The van der Waals surface area contributed by atoms with Crippen molar-refractivity contribution in [3.63, 3.8) is 0 Å². The van der Waals surface area contributed by atoms with E-state index in [4.69, 9.17) is 5.11 Å². The van der Waals surface area contributed by atoms with Crippen LogP contribution in [-0.4, -0.2) is 23.0 Å². The van der Waals surface area contributed by atoms with Crippen LogP contribution in [0.25, 0.3) is 0 Å². The molecule has 0 aliphatic carbocycles. The molecule has 0 aromatic heterocycles. The molecule has 0 fully saturated rings. The number of hydrogen-bond acceptors (Lipinski definition) is 2. The van der Waals surface area contributed by atoms with Crippen molar-refractivity contribution in [3.05, 3.63) is 48.6 Å². The summed E-state index contributed by atoms with van der Waals surface area (Å²) < 4.78 is 0. The van der Waals surface area contributed by atoms with E-state index in [-0.39, 0.29) is 5.92 Å². The molecule has 2 atom stereocenters. The maximum absolute atomic E-state index is 11.8. The van der Waals surface area contributed by atoms with Gasteiger partial charge in [0, 0.05) is 11.5 Å². The lowest BCUT2D eigenvalue weighted by Gasteiger charge is -2.18. The van der Waals surface area contributed by atoms with E-state index in [0.29, 0.717) is 5.56 Å². The van der Waals surface area contributed by atoms with Crippen LogP contribution in [0.15, 0.2) is 43.0 Å². The number of carboxylic acid groups (broad SMARTS) is 1. The van der Waals surface area contributed by atoms with Gasteiger partial charge >= 0.3 is 5.97 Å². The van der Waals surface area contributed by atoms with Crippen molar-refractivity contribution < 1.29 is 14.7 Å². The number of aliphatic carboxylic acids is 1. The molecule has 0 aliphatic heterocycles. The molecular formula is C13H15NO3. The maximum atomic E-state index is 11.8. The van der Waals surface area contributed by atoms with Gasteiger partial charge in [0.1, 0.15) is 6.04 Å². The van der Waals surface area contributed by atoms with Crippen molar-refractivity contribution in [2.24, 2.45) is 5.92 Å². The standard InChI is InChI=1S/C13H15NO3/c1-3-9(2)11(13(16)17)14-12(15)10-7-5-4-6-8-10/h3-9,11H,1H2,2H3,(H,14,15)(H,16,17). The van der Waals surface area contributed by atoms with Crippen molar-refractivity contribution in [1.29, 1.82) is 0 Å². The molecule has 1 rings (SSSR count). The zero-order valence-corrected chi connectivity index (χ0v) is 9.59. The van der Waals surface area contributed by atoms with E-state index < -0.39 is 17.9 Å². The van der Waals surface area contributed by atoms with Crippen LogP contribution in [0.5, 0.6) is 0 Å². The predicted molar refractivity (Wildman–Crippen MR) is 64.7 cm³/mol. The minimum Gasteiger partial charge on any atom is -0.480 e. The molecule has 90 valence electrons. The maximum Gasteiger partial charge on any atom is 0.326 e. The number of benzene rings is 1. The molecule has 0 saturated heterocycles. The quantitative estimate of drug-likeness (QED) is 0.760. The van der Waals surface area contributed by atoms with Crippen LogP contribution in [0.3, 0.4) is 0 Å². The summed E-state index contributed by atoms with van der Waals surface area (Å²) in [7, 11) is 0. The van der Waals surface area contributed by atoms with Crippen LogP contribution in [0, 0.1) is 5.92 Å². The molecule has 17 heavy (non-hydrogen) atoms. The third kappa shape index (κ3) is 3.45. The van der Waals surface area contributed by atoms with Gasteiger partial charge in [-0.25, -0.2) is 4.79 Å². The number of carboxylic acids is 1. The van der Waals surface area contributed by atoms with Gasteiger partial charge in [0.25, 0.3) is 5.91 Å². The van der Waals surface area contributed by atoms with E-state index in [0.717, 1.165) is 0 Å². The van der Waals surface area contributed by atoms with Crippen LogP contribution >= 0.6 is 0 Å². The van der Waals surface area contributed by atoms with Crippen LogP contribution in [0.2, 0.25) is 0 Å². The topological polar surface area (TPSA) is 66.4 Å². The van der Waals surface area contributed by atoms with Gasteiger partial charge in [0.2, 0.25) is 0 Å². The van der Waals surface area contributed by atoms with E-state index in [1.54, 1.807) is 37.3 Å². The molecule has 0 bridgehead atoms. The van der Waals surface area contributed by atoms with Crippen LogP contribution < -0.4 is 5.32 Å². The second-order valence-electron chi connectivity index (χ2n) is 3.75. The van der Waals surface area contributed by atoms with Gasteiger partial charge in [-0.15, -0.1) is 6.58 Å². The molecular weight excluding hydrogens is 218 g/mol. The molecule has 4 nitrogen and oxygen atoms in total. The largest absolute Gasteiger partial charge is 0.480 e. The first-order chi connectivity index (χ1) is 8.06. The van der Waals surface area contributed by atoms with E-state index in [9.17, 15) is 9.59 Å². The third-order valence-electron chi connectivity index (χ3n) is 2.49. The Morgan fingerprint density at radius 3 is 2.41 bits per heavy atom. The third-order valence-corrected chi connectivity index (χ3v) is 2.49. The summed E-state index contributed by atoms with van der Waals surface area (Å²) in [4.78, 5) is 22.8. The molecule has 2 unspecified atom stereocenters. The Bertz CT molecular complexity index is 414. The lowest BCUT2D eigenvalue weighted by Crippen LogP contribution is -2.44. The summed E-state index contributed by atoms with van der Waals surface area (Å²) in [6.45, 7) is 5.22. The summed E-state index contributed by atoms with van der Waals surface area (Å²) >= 11 is 0. The predicted octanol–water partition coefficient (Wildman–Crippen LogP) is 1.69. The number of rotatable bonds is 5. The van der Waals surface area contributed by atoms with Gasteiger partial charge in [0.15, 0.2) is 0 Å². The van der Waals surface area contributed by atoms with Crippen molar-refractivity contribution >= 4 is 11.9 Å². The van der Waals surface area contributed by atoms with Gasteiger partial charge in [-0.1, -0.05) is 31.2 Å². The Morgan fingerprint density at radius 1 is 1.35 bits per heavy atom. The van der Waals surface area contributed by atoms with E-state index in [1.165, 1.54) is 6.08 Å². The molecule has 2 N–H and O–H groups in total. The minimum atomic E-state index is -1.07. The highest BCUT2D eigenvalue weighted by molar-refractivity contribution is 5.96. The number of nitrogens with one attached hydrogen (secondary N) is 1. The van der Waals surface area contributed by atoms with Crippen molar-refractivity contribution in [3.8, 4) is 0 Å². The first kappa shape index (κ1) is 13.0. The summed E-state index contributed by atoms with van der Waals surface area (Å²) in [5, 5.41) is 11.5. The summed E-state index contributed by atoms with van der Waals surface area (Å²) in [6, 6.07) is 7.54. The van der Waals surface area contributed by atoms with Gasteiger partial charge in [-0.3, -0.25) is 4.79 Å². The van der Waals surface area contributed by atoms with E-state index >= 15 is 0 Å². The Kier molecular flexibility index (Phi) is 4.46. The molecule has 1 amide bonds. The van der Waals surface area contributed by atoms with Crippen LogP contribution in [0.4, 0.5) is 0 Å². The molecule has 1 aromatic rings. The van der Waals surface area contributed by atoms with Gasteiger partial charge in [-0.2, -0.15) is 0 Å². The fourth-order valence-corrected chi connectivity index (χ4v) is 1.37. The van der Waals surface area contributed by atoms with Gasteiger partial charge < -0.3 is 10.4 Å². The molecule has 0 radical (unpaired) electrons. The normalized spacial score (nSPS) is 13.5. The number of hydrogen-bond donors (Lipinski definition) is 2. The van der Waals surface area contributed by atoms with Crippen molar-refractivity contribution in [1.82, 2.24) is 5.32 Å². The average Bonchev–Trinajstić information content (AvgIpc) is 2.35. The zero-order chi connectivity index (χ0) is 12.8. The van der Waals surface area contributed by atoms with Crippen molar-refractivity contribution in [2.45, 2.75) is 13.0 Å². The van der Waals surface area contributed by atoms with Gasteiger partial charge in [-0.05, 0) is 12.1 Å². The fraction of sp³-hybridized carbons (Fsp3) is 0.231. The molecule has 1 aromatic carbocycles. The second-order valence-corrected chi connectivity index (χ2v) is 3.75. The smallest absolute Gasteiger partial charge is 0.326 e.